The average Bonchev–Trinajstić information content (AvgIpc) is 3.25. The van der Waals surface area contributed by atoms with Crippen molar-refractivity contribution in [1.82, 2.24) is 23.5 Å². The second-order valence-corrected chi connectivity index (χ2v) is 7.53. The number of hydrogen-bond acceptors (Lipinski definition) is 6. The van der Waals surface area contributed by atoms with Crippen molar-refractivity contribution in [2.75, 3.05) is 26.7 Å². The molecule has 0 radical (unpaired) electrons. The molecular weight excluding hydrogens is 362 g/mol. The molecule has 1 fully saturated rings. The van der Waals surface area contributed by atoms with Gasteiger partial charge in [-0.05, 0) is 37.3 Å². The topological polar surface area (TPSA) is 79.3 Å². The van der Waals surface area contributed by atoms with Crippen molar-refractivity contribution in [2.24, 2.45) is 5.92 Å². The summed E-state index contributed by atoms with van der Waals surface area (Å²) < 4.78 is 7.94. The molecule has 3 rings (SSSR count). The summed E-state index contributed by atoms with van der Waals surface area (Å²) in [6, 6.07) is 5.83. The number of likely N-dealkylation sites (N-methyl/N-ethyl adjacent to an activating group) is 1. The Hall–Kier alpha value is -2.35. The molecule has 0 saturated carbocycles. The van der Waals surface area contributed by atoms with E-state index >= 15 is 0 Å². The van der Waals surface area contributed by atoms with Gasteiger partial charge in [0.2, 0.25) is 5.91 Å². The second kappa shape index (κ2) is 9.55. The maximum Gasteiger partial charge on any atom is 0.275 e. The van der Waals surface area contributed by atoms with Gasteiger partial charge in [-0.3, -0.25) is 14.6 Å². The van der Waals surface area contributed by atoms with Crippen LogP contribution in [-0.2, 0) is 11.2 Å². The summed E-state index contributed by atoms with van der Waals surface area (Å²) in [4.78, 5) is 32.8. The summed E-state index contributed by atoms with van der Waals surface area (Å²) >= 11 is 1.05. The summed E-state index contributed by atoms with van der Waals surface area (Å²) in [6.45, 7) is 2.12. The van der Waals surface area contributed by atoms with E-state index in [4.69, 9.17) is 0 Å². The van der Waals surface area contributed by atoms with Gasteiger partial charge in [-0.15, -0.1) is 0 Å². The molecule has 144 valence electrons. The number of hydrogen-bond donors (Lipinski definition) is 0. The first-order valence-electron chi connectivity index (χ1n) is 9.34. The number of aromatic nitrogens is 3. The largest absolute Gasteiger partial charge is 0.345 e. The van der Waals surface area contributed by atoms with Gasteiger partial charge in [0.05, 0.1) is 17.9 Å². The molecule has 2 amide bonds. The Morgan fingerprint density at radius 2 is 2.26 bits per heavy atom. The molecule has 0 aromatic carbocycles. The van der Waals surface area contributed by atoms with E-state index in [0.29, 0.717) is 31.1 Å². The highest BCUT2D eigenvalue weighted by Gasteiger charge is 2.26. The minimum absolute atomic E-state index is 0.0488. The van der Waals surface area contributed by atoms with Crippen LogP contribution in [0.2, 0.25) is 0 Å². The van der Waals surface area contributed by atoms with Crippen LogP contribution in [0.5, 0.6) is 0 Å². The number of pyridine rings is 1. The first-order valence-corrected chi connectivity index (χ1v) is 10.1. The molecule has 3 heterocycles. The first-order chi connectivity index (χ1) is 13.1. The Kier molecular flexibility index (Phi) is 6.86. The standard InChI is InChI=1S/C19H25N5O2S/c1-23(12-9-16-6-2-3-10-20-16)18(25)8-7-15-5-4-11-24(14-15)19(26)17-13-21-27-22-17/h2-3,6,10,13,15H,4-5,7-9,11-12,14H2,1H3/t15-/m1/s1. The van der Waals surface area contributed by atoms with Crippen LogP contribution < -0.4 is 0 Å². The maximum absolute atomic E-state index is 12.4. The van der Waals surface area contributed by atoms with Crippen molar-refractivity contribution in [1.29, 1.82) is 0 Å². The lowest BCUT2D eigenvalue weighted by molar-refractivity contribution is -0.130. The van der Waals surface area contributed by atoms with Crippen molar-refractivity contribution in [3.8, 4) is 0 Å². The quantitative estimate of drug-likeness (QED) is 0.728. The van der Waals surface area contributed by atoms with Crippen LogP contribution >= 0.6 is 11.7 Å². The van der Waals surface area contributed by atoms with Crippen LogP contribution in [0.4, 0.5) is 0 Å². The lowest BCUT2D eigenvalue weighted by atomic mass is 9.93. The fourth-order valence-electron chi connectivity index (χ4n) is 3.38. The van der Waals surface area contributed by atoms with Crippen molar-refractivity contribution < 1.29 is 9.59 Å². The molecule has 7 nitrogen and oxygen atoms in total. The molecule has 2 aromatic heterocycles. The zero-order valence-corrected chi connectivity index (χ0v) is 16.4. The predicted molar refractivity (Wildman–Crippen MR) is 103 cm³/mol. The van der Waals surface area contributed by atoms with E-state index in [2.05, 4.69) is 13.7 Å². The molecule has 0 N–H and O–H groups in total. The number of nitrogens with zero attached hydrogens (tertiary/aromatic N) is 5. The van der Waals surface area contributed by atoms with E-state index in [0.717, 1.165) is 49.7 Å². The molecule has 0 spiro atoms. The molecule has 0 aliphatic carbocycles. The van der Waals surface area contributed by atoms with Gasteiger partial charge in [0, 0.05) is 51.4 Å². The third kappa shape index (κ3) is 5.56. The Morgan fingerprint density at radius 1 is 1.37 bits per heavy atom. The number of amides is 2. The van der Waals surface area contributed by atoms with Crippen molar-refractivity contribution in [3.63, 3.8) is 0 Å². The van der Waals surface area contributed by atoms with Gasteiger partial charge in [0.25, 0.3) is 5.91 Å². The third-order valence-corrected chi connectivity index (χ3v) is 5.49. The Bertz CT molecular complexity index is 738. The Labute approximate surface area is 163 Å². The van der Waals surface area contributed by atoms with Gasteiger partial charge in [0.15, 0.2) is 5.69 Å². The minimum atomic E-state index is -0.0488. The fourth-order valence-corrected chi connectivity index (χ4v) is 3.78. The number of rotatable bonds is 7. The van der Waals surface area contributed by atoms with Crippen LogP contribution in [0, 0.1) is 5.92 Å². The monoisotopic (exact) mass is 387 g/mol. The molecule has 8 heteroatoms. The van der Waals surface area contributed by atoms with Crippen LogP contribution in [-0.4, -0.2) is 62.0 Å². The van der Waals surface area contributed by atoms with E-state index in [1.165, 1.54) is 6.20 Å². The molecule has 1 atom stereocenters. The van der Waals surface area contributed by atoms with Gasteiger partial charge in [-0.25, -0.2) is 0 Å². The molecular formula is C19H25N5O2S. The van der Waals surface area contributed by atoms with Crippen LogP contribution in [0.3, 0.4) is 0 Å². The Balaban J connectivity index is 1.42. The highest BCUT2D eigenvalue weighted by atomic mass is 32.1. The highest BCUT2D eigenvalue weighted by Crippen LogP contribution is 2.22. The highest BCUT2D eigenvalue weighted by molar-refractivity contribution is 6.99. The van der Waals surface area contributed by atoms with Crippen LogP contribution in [0.15, 0.2) is 30.6 Å². The van der Waals surface area contributed by atoms with Gasteiger partial charge in [-0.1, -0.05) is 6.07 Å². The van der Waals surface area contributed by atoms with E-state index < -0.39 is 0 Å². The number of likely N-dealkylation sites (tertiary alicyclic amines) is 1. The van der Waals surface area contributed by atoms with Gasteiger partial charge < -0.3 is 9.80 Å². The summed E-state index contributed by atoms with van der Waals surface area (Å²) in [5.41, 5.74) is 1.42. The third-order valence-electron chi connectivity index (χ3n) is 5.01. The van der Waals surface area contributed by atoms with E-state index in [1.807, 2.05) is 30.1 Å². The normalized spacial score (nSPS) is 16.9. The number of piperidine rings is 1. The summed E-state index contributed by atoms with van der Waals surface area (Å²) in [6.07, 6.45) is 7.42. The minimum Gasteiger partial charge on any atom is -0.345 e. The van der Waals surface area contributed by atoms with E-state index in [1.54, 1.807) is 11.1 Å². The number of carbonyl (C=O) groups is 2. The summed E-state index contributed by atoms with van der Waals surface area (Å²) in [5, 5.41) is 0. The predicted octanol–water partition coefficient (Wildman–Crippen LogP) is 2.27. The smallest absolute Gasteiger partial charge is 0.275 e. The lowest BCUT2D eigenvalue weighted by Gasteiger charge is -2.32. The summed E-state index contributed by atoms with van der Waals surface area (Å²) in [7, 11) is 1.84. The van der Waals surface area contributed by atoms with Crippen molar-refractivity contribution in [3.05, 3.63) is 42.0 Å². The summed E-state index contributed by atoms with van der Waals surface area (Å²) in [5.74, 6) is 0.466. The Morgan fingerprint density at radius 3 is 3.00 bits per heavy atom. The first kappa shape index (κ1) is 19.4. The van der Waals surface area contributed by atoms with Crippen LogP contribution in [0.1, 0.15) is 41.9 Å². The molecule has 27 heavy (non-hydrogen) atoms. The van der Waals surface area contributed by atoms with Gasteiger partial charge in [-0.2, -0.15) is 8.75 Å². The molecule has 1 aliphatic heterocycles. The second-order valence-electron chi connectivity index (χ2n) is 6.98. The van der Waals surface area contributed by atoms with Crippen LogP contribution in [0.25, 0.3) is 0 Å². The zero-order chi connectivity index (χ0) is 19.1. The zero-order valence-electron chi connectivity index (χ0n) is 15.6. The number of carbonyl (C=O) groups excluding carboxylic acids is 2. The van der Waals surface area contributed by atoms with Crippen molar-refractivity contribution >= 4 is 23.5 Å². The maximum atomic E-state index is 12.4. The van der Waals surface area contributed by atoms with Gasteiger partial charge in [0.1, 0.15) is 0 Å². The molecule has 0 unspecified atom stereocenters. The van der Waals surface area contributed by atoms with Gasteiger partial charge >= 0.3 is 0 Å². The SMILES string of the molecule is CN(CCc1ccccn1)C(=O)CC[C@H]1CCCN(C(=O)c2cnsn2)C1. The molecule has 1 aliphatic rings. The van der Waals surface area contributed by atoms with Crippen molar-refractivity contribution in [2.45, 2.75) is 32.1 Å². The van der Waals surface area contributed by atoms with E-state index in [9.17, 15) is 9.59 Å². The fraction of sp³-hybridized carbons (Fsp3) is 0.526. The lowest BCUT2D eigenvalue weighted by Crippen LogP contribution is -2.40. The van der Waals surface area contributed by atoms with E-state index in [-0.39, 0.29) is 11.8 Å². The molecule has 0 bridgehead atoms. The molecule has 1 saturated heterocycles. The molecule has 2 aromatic rings. The average molecular weight is 388 g/mol.